The van der Waals surface area contributed by atoms with Gasteiger partial charge < -0.3 is 16.0 Å². The average molecular weight is 595 g/mol. The van der Waals surface area contributed by atoms with Crippen molar-refractivity contribution in [2.24, 2.45) is 10.7 Å². The highest BCUT2D eigenvalue weighted by atomic mass is 35.5. The number of rotatable bonds is 9. The summed E-state index contributed by atoms with van der Waals surface area (Å²) in [7, 11) is 0. The molecular formula is C32H35ClN10. The number of nitrogens with one attached hydrogen (secondary N) is 1. The molecule has 0 radical (unpaired) electrons. The number of fused-ring (bicyclic) bond motifs is 1. The predicted molar refractivity (Wildman–Crippen MR) is 173 cm³/mol. The van der Waals surface area contributed by atoms with Crippen LogP contribution in [0.2, 0.25) is 5.02 Å². The van der Waals surface area contributed by atoms with Crippen molar-refractivity contribution < 1.29 is 0 Å². The zero-order valence-electron chi connectivity index (χ0n) is 24.6. The first-order valence-electron chi connectivity index (χ1n) is 14.3. The summed E-state index contributed by atoms with van der Waals surface area (Å²) in [5.74, 6) is 0.882. The monoisotopic (exact) mass is 594 g/mol. The van der Waals surface area contributed by atoms with E-state index in [0.29, 0.717) is 38.8 Å². The van der Waals surface area contributed by atoms with Gasteiger partial charge in [0.15, 0.2) is 0 Å². The molecule has 0 saturated carbocycles. The van der Waals surface area contributed by atoms with Crippen LogP contribution >= 0.6 is 11.6 Å². The van der Waals surface area contributed by atoms with Gasteiger partial charge in [0.2, 0.25) is 0 Å². The van der Waals surface area contributed by atoms with Crippen LogP contribution in [0.1, 0.15) is 57.0 Å². The van der Waals surface area contributed by atoms with Gasteiger partial charge >= 0.3 is 0 Å². The van der Waals surface area contributed by atoms with Crippen molar-refractivity contribution in [3.8, 4) is 17.3 Å². The second-order valence-electron chi connectivity index (χ2n) is 10.9. The number of anilines is 1. The van der Waals surface area contributed by atoms with Crippen LogP contribution < -0.4 is 16.0 Å². The Bertz CT molecular complexity index is 1720. The van der Waals surface area contributed by atoms with E-state index in [1.807, 2.05) is 38.1 Å². The molecule has 1 fully saturated rings. The maximum Gasteiger partial charge on any atom is 0.128 e. The standard InChI is InChI=1S/C32H35ClN10/c1-5-32(41-22(4)29-26(33)7-6-12-36-29)10-13-42(14-11-32)28-9-8-23(17-38-28)30-31-25(16-35)19-39-43(31)20-27(40-30)24(15-34)18-37-21(2)3/h6-9,12,15,17-21,41H,4-5,10-11,13-14,34H2,1-3H3/b24-15+,37-18?. The van der Waals surface area contributed by atoms with E-state index >= 15 is 0 Å². The number of piperidine rings is 1. The van der Waals surface area contributed by atoms with Gasteiger partial charge in [0, 0.05) is 60.6 Å². The van der Waals surface area contributed by atoms with Gasteiger partial charge in [0.25, 0.3) is 0 Å². The highest BCUT2D eigenvalue weighted by Gasteiger charge is 2.34. The first kappa shape index (κ1) is 29.7. The highest BCUT2D eigenvalue weighted by molar-refractivity contribution is 6.32. The molecule has 5 rings (SSSR count). The molecule has 4 aromatic heterocycles. The number of nitriles is 1. The zero-order chi connectivity index (χ0) is 30.6. The third kappa shape index (κ3) is 6.22. The van der Waals surface area contributed by atoms with Gasteiger partial charge in [0.1, 0.15) is 28.7 Å². The van der Waals surface area contributed by atoms with Gasteiger partial charge in [-0.05, 0) is 57.4 Å². The number of aliphatic imine (C=N–C) groups is 1. The van der Waals surface area contributed by atoms with Crippen molar-refractivity contribution in [3.63, 3.8) is 0 Å². The molecule has 4 aromatic rings. The Morgan fingerprint density at radius 3 is 2.67 bits per heavy atom. The zero-order valence-corrected chi connectivity index (χ0v) is 25.4. The number of hydrogen-bond acceptors (Lipinski definition) is 9. The maximum atomic E-state index is 9.75. The molecule has 0 unspecified atom stereocenters. The number of hydrogen-bond donors (Lipinski definition) is 2. The molecular weight excluding hydrogens is 560 g/mol. The normalized spacial score (nSPS) is 15.3. The largest absolute Gasteiger partial charge is 0.404 e. The first-order valence-corrected chi connectivity index (χ1v) is 14.7. The fourth-order valence-electron chi connectivity index (χ4n) is 5.29. The maximum absolute atomic E-state index is 9.75. The molecule has 0 aliphatic carbocycles. The van der Waals surface area contributed by atoms with Crippen LogP contribution in [0.5, 0.6) is 0 Å². The van der Waals surface area contributed by atoms with E-state index in [-0.39, 0.29) is 11.6 Å². The van der Waals surface area contributed by atoms with E-state index in [1.54, 1.807) is 35.5 Å². The average Bonchev–Trinajstić information content (AvgIpc) is 3.45. The Morgan fingerprint density at radius 1 is 1.26 bits per heavy atom. The molecule has 1 aliphatic heterocycles. The minimum Gasteiger partial charge on any atom is -0.404 e. The minimum atomic E-state index is -0.104. The van der Waals surface area contributed by atoms with Crippen LogP contribution in [0.15, 0.2) is 66.8 Å². The number of aromatic nitrogens is 5. The van der Waals surface area contributed by atoms with E-state index < -0.39 is 0 Å². The van der Waals surface area contributed by atoms with E-state index in [9.17, 15) is 5.26 Å². The summed E-state index contributed by atoms with van der Waals surface area (Å²) in [5, 5.41) is 18.4. The SMILES string of the molecule is C=C(NC1(CC)CCN(c2ccc(-c3nc(/C(C=NC(C)C)=C/N)cn4ncc(C#N)c34)cn2)CC1)c1ncccc1Cl. The molecule has 5 heterocycles. The van der Waals surface area contributed by atoms with Crippen LogP contribution in [0.4, 0.5) is 5.82 Å². The summed E-state index contributed by atoms with van der Waals surface area (Å²) < 4.78 is 1.66. The summed E-state index contributed by atoms with van der Waals surface area (Å²) in [4.78, 5) is 20.9. The Balaban J connectivity index is 1.38. The van der Waals surface area contributed by atoms with Gasteiger partial charge in [-0.1, -0.05) is 25.1 Å². The third-order valence-corrected chi connectivity index (χ3v) is 8.11. The summed E-state index contributed by atoms with van der Waals surface area (Å²) in [6.45, 7) is 12.1. The van der Waals surface area contributed by atoms with E-state index in [0.717, 1.165) is 49.4 Å². The number of pyridine rings is 2. The van der Waals surface area contributed by atoms with Crippen molar-refractivity contribution in [3.05, 3.63) is 83.8 Å². The minimum absolute atomic E-state index is 0.104. The van der Waals surface area contributed by atoms with Crippen molar-refractivity contribution in [2.45, 2.75) is 51.6 Å². The van der Waals surface area contributed by atoms with E-state index in [2.05, 4.69) is 44.9 Å². The fraction of sp³-hybridized carbons (Fsp3) is 0.312. The number of halogens is 1. The van der Waals surface area contributed by atoms with E-state index in [4.69, 9.17) is 27.3 Å². The Morgan fingerprint density at radius 2 is 2.05 bits per heavy atom. The predicted octanol–water partition coefficient (Wildman–Crippen LogP) is 5.50. The first-order chi connectivity index (χ1) is 20.8. The molecule has 0 aromatic carbocycles. The van der Waals surface area contributed by atoms with Crippen LogP contribution in [-0.4, -0.2) is 55.5 Å². The van der Waals surface area contributed by atoms with Crippen molar-refractivity contribution >= 4 is 40.4 Å². The van der Waals surface area contributed by atoms with Gasteiger partial charge in [-0.3, -0.25) is 9.98 Å². The fourth-order valence-corrected chi connectivity index (χ4v) is 5.53. The Labute approximate surface area is 256 Å². The topological polar surface area (TPSA) is 133 Å². The summed E-state index contributed by atoms with van der Waals surface area (Å²) in [6.07, 6.45) is 12.8. The number of allylic oxidation sites excluding steroid dienone is 1. The lowest BCUT2D eigenvalue weighted by molar-refractivity contribution is 0.283. The van der Waals surface area contributed by atoms with Gasteiger partial charge in [0.05, 0.1) is 34.5 Å². The van der Waals surface area contributed by atoms with E-state index in [1.165, 1.54) is 6.20 Å². The molecule has 1 aliphatic rings. The lowest BCUT2D eigenvalue weighted by atomic mass is 9.84. The highest BCUT2D eigenvalue weighted by Crippen LogP contribution is 2.32. The third-order valence-electron chi connectivity index (χ3n) is 7.81. The van der Waals surface area contributed by atoms with Gasteiger partial charge in [-0.2, -0.15) is 10.4 Å². The quantitative estimate of drug-likeness (QED) is 0.243. The lowest BCUT2D eigenvalue weighted by Crippen LogP contribution is -2.52. The van der Waals surface area contributed by atoms with Gasteiger partial charge in [-0.15, -0.1) is 0 Å². The molecule has 3 N–H and O–H groups in total. The summed E-state index contributed by atoms with van der Waals surface area (Å²) in [6, 6.07) is 9.96. The molecule has 0 bridgehead atoms. The van der Waals surface area contributed by atoms with Crippen LogP contribution in [0.25, 0.3) is 28.0 Å². The van der Waals surface area contributed by atoms with Crippen molar-refractivity contribution in [1.82, 2.24) is 29.9 Å². The van der Waals surface area contributed by atoms with Crippen LogP contribution in [0.3, 0.4) is 0 Å². The number of nitrogens with zero attached hydrogens (tertiary/aromatic N) is 8. The van der Waals surface area contributed by atoms with Crippen LogP contribution in [-0.2, 0) is 0 Å². The van der Waals surface area contributed by atoms with Crippen molar-refractivity contribution in [1.29, 1.82) is 5.26 Å². The molecule has 43 heavy (non-hydrogen) atoms. The number of nitrogens with two attached hydrogens (primary N) is 1. The molecule has 0 spiro atoms. The molecule has 10 nitrogen and oxygen atoms in total. The Kier molecular flexibility index (Phi) is 8.73. The second kappa shape index (κ2) is 12.6. The second-order valence-corrected chi connectivity index (χ2v) is 11.3. The van der Waals surface area contributed by atoms with Crippen LogP contribution in [0, 0.1) is 11.3 Å². The summed E-state index contributed by atoms with van der Waals surface area (Å²) in [5.41, 5.74) is 10.9. The molecule has 220 valence electrons. The molecule has 1 saturated heterocycles. The summed E-state index contributed by atoms with van der Waals surface area (Å²) >= 11 is 6.37. The lowest BCUT2D eigenvalue weighted by Gasteiger charge is -2.43. The van der Waals surface area contributed by atoms with Crippen molar-refractivity contribution in [2.75, 3.05) is 18.0 Å². The van der Waals surface area contributed by atoms with Gasteiger partial charge in [-0.25, -0.2) is 14.5 Å². The molecule has 0 amide bonds. The smallest absolute Gasteiger partial charge is 0.128 e. The molecule has 0 atom stereocenters. The molecule has 11 heteroatoms. The Hall–Kier alpha value is -4.75.